The molecule has 0 N–H and O–H groups in total. The standard InChI is InChI=1S/C51H37N3OSi/c1-56(2)48(38-20-8-4-9-21-38)46(36-18-6-3-7-19-36)47(49(56)39-22-10-5-11-23-39)37-31-29-35(30-32-37)43-33-44(51-54-42-27-14-15-28-45(42)55-51)53-50(52-43)41-26-16-24-34-17-12-13-25-40(34)41/h3-33H,1-2H3. The molecule has 0 saturated heterocycles. The van der Waals surface area contributed by atoms with Crippen molar-refractivity contribution in [1.82, 2.24) is 15.0 Å². The van der Waals surface area contributed by atoms with E-state index in [0.717, 1.165) is 38.7 Å². The molecule has 0 spiro atoms. The molecule has 0 amide bonds. The third-order valence-electron chi connectivity index (χ3n) is 10.9. The number of aromatic nitrogens is 3. The van der Waals surface area contributed by atoms with Crippen molar-refractivity contribution in [3.05, 3.63) is 210 Å². The lowest BCUT2D eigenvalue weighted by molar-refractivity contribution is 0.616. The minimum absolute atomic E-state index is 0.467. The van der Waals surface area contributed by atoms with Gasteiger partial charge in [0.25, 0.3) is 0 Å². The van der Waals surface area contributed by atoms with E-state index in [4.69, 9.17) is 19.4 Å². The molecule has 5 heteroatoms. The van der Waals surface area contributed by atoms with E-state index < -0.39 is 8.07 Å². The normalized spacial score (nSPS) is 13.9. The largest absolute Gasteiger partial charge is 0.435 e. The number of nitrogens with zero attached hydrogens (tertiary/aromatic N) is 3. The first-order valence-electron chi connectivity index (χ1n) is 19.0. The molecule has 9 aromatic rings. The van der Waals surface area contributed by atoms with Crippen molar-refractivity contribution in [2.75, 3.05) is 0 Å². The van der Waals surface area contributed by atoms with E-state index in [-0.39, 0.29) is 0 Å². The summed E-state index contributed by atoms with van der Waals surface area (Å²) in [6.45, 7) is 5.01. The van der Waals surface area contributed by atoms with E-state index in [1.165, 1.54) is 43.8 Å². The fourth-order valence-electron chi connectivity index (χ4n) is 8.44. The summed E-state index contributed by atoms with van der Waals surface area (Å²) in [4.78, 5) is 15.2. The molecular weight excluding hydrogens is 699 g/mol. The van der Waals surface area contributed by atoms with Crippen LogP contribution in [0.4, 0.5) is 0 Å². The molecule has 1 aliphatic rings. The lowest BCUT2D eigenvalue weighted by atomic mass is 9.89. The SMILES string of the molecule is C[Si]1(C)C(c2ccccc2)=C(c2ccccc2)C(c2ccc(-c3cc(-c4nc5ccccc5o4)nc(-c4cccc5ccccc45)n3)cc2)=C1c1ccccc1. The minimum atomic E-state index is -2.26. The Labute approximate surface area is 327 Å². The topological polar surface area (TPSA) is 51.8 Å². The quantitative estimate of drug-likeness (QED) is 0.153. The number of hydrogen-bond acceptors (Lipinski definition) is 4. The molecule has 7 aromatic carbocycles. The van der Waals surface area contributed by atoms with E-state index in [9.17, 15) is 0 Å². The first-order valence-corrected chi connectivity index (χ1v) is 22.0. The summed E-state index contributed by atoms with van der Waals surface area (Å²) < 4.78 is 6.27. The molecule has 2 aromatic heterocycles. The highest BCUT2D eigenvalue weighted by molar-refractivity contribution is 7.13. The van der Waals surface area contributed by atoms with Crippen molar-refractivity contribution in [1.29, 1.82) is 0 Å². The van der Waals surface area contributed by atoms with Gasteiger partial charge in [0.2, 0.25) is 5.89 Å². The van der Waals surface area contributed by atoms with Crippen LogP contribution in [0.25, 0.3) is 77.6 Å². The van der Waals surface area contributed by atoms with Crippen molar-refractivity contribution in [2.24, 2.45) is 0 Å². The first-order chi connectivity index (χ1) is 27.5. The van der Waals surface area contributed by atoms with Crippen LogP contribution in [-0.4, -0.2) is 23.0 Å². The number of fused-ring (bicyclic) bond motifs is 2. The van der Waals surface area contributed by atoms with Crippen LogP contribution in [0.1, 0.15) is 22.3 Å². The van der Waals surface area contributed by atoms with Crippen LogP contribution in [0, 0.1) is 0 Å². The number of allylic oxidation sites excluding steroid dienone is 2. The second-order valence-corrected chi connectivity index (χ2v) is 19.0. The highest BCUT2D eigenvalue weighted by Gasteiger charge is 2.43. The van der Waals surface area contributed by atoms with Crippen molar-refractivity contribution < 1.29 is 4.42 Å². The maximum absolute atomic E-state index is 6.27. The van der Waals surface area contributed by atoms with E-state index in [1.54, 1.807) is 0 Å². The number of benzene rings is 7. The molecule has 266 valence electrons. The van der Waals surface area contributed by atoms with Gasteiger partial charge in [-0.15, -0.1) is 0 Å². The van der Waals surface area contributed by atoms with Crippen LogP contribution in [0.3, 0.4) is 0 Å². The Balaban J connectivity index is 1.17. The van der Waals surface area contributed by atoms with Crippen LogP contribution < -0.4 is 0 Å². The van der Waals surface area contributed by atoms with Gasteiger partial charge in [0.1, 0.15) is 19.3 Å². The monoisotopic (exact) mass is 735 g/mol. The van der Waals surface area contributed by atoms with E-state index in [1.807, 2.05) is 30.3 Å². The molecular formula is C51H37N3OSi. The zero-order valence-electron chi connectivity index (χ0n) is 31.1. The predicted octanol–water partition coefficient (Wildman–Crippen LogP) is 13.1. The number of para-hydroxylation sites is 2. The lowest BCUT2D eigenvalue weighted by Crippen LogP contribution is -2.28. The van der Waals surface area contributed by atoms with Crippen LogP contribution in [0.2, 0.25) is 13.1 Å². The van der Waals surface area contributed by atoms with Crippen LogP contribution in [0.15, 0.2) is 192 Å². The van der Waals surface area contributed by atoms with E-state index in [0.29, 0.717) is 17.4 Å². The maximum Gasteiger partial charge on any atom is 0.246 e. The molecule has 0 fully saturated rings. The van der Waals surface area contributed by atoms with Gasteiger partial charge in [0.15, 0.2) is 11.4 Å². The van der Waals surface area contributed by atoms with Crippen molar-refractivity contribution in [2.45, 2.75) is 13.1 Å². The van der Waals surface area contributed by atoms with Gasteiger partial charge in [-0.1, -0.05) is 183 Å². The summed E-state index contributed by atoms with van der Waals surface area (Å²) in [5, 5.41) is 5.13. The summed E-state index contributed by atoms with van der Waals surface area (Å²) in [5.74, 6) is 1.09. The molecule has 56 heavy (non-hydrogen) atoms. The molecule has 0 aliphatic carbocycles. The summed E-state index contributed by atoms with van der Waals surface area (Å²) in [6.07, 6.45) is 0. The first kappa shape index (κ1) is 33.6. The zero-order valence-corrected chi connectivity index (χ0v) is 32.1. The Morgan fingerprint density at radius 2 is 0.946 bits per heavy atom. The van der Waals surface area contributed by atoms with Crippen molar-refractivity contribution >= 4 is 51.5 Å². The Morgan fingerprint density at radius 3 is 1.61 bits per heavy atom. The van der Waals surface area contributed by atoms with E-state index in [2.05, 4.69) is 171 Å². The molecule has 3 heterocycles. The van der Waals surface area contributed by atoms with Gasteiger partial charge in [-0.3, -0.25) is 0 Å². The fraction of sp³-hybridized carbons (Fsp3) is 0.0392. The van der Waals surface area contributed by atoms with Crippen LogP contribution in [0.5, 0.6) is 0 Å². The third kappa shape index (κ3) is 5.81. The molecule has 0 radical (unpaired) electrons. The van der Waals surface area contributed by atoms with Gasteiger partial charge in [-0.05, 0) is 72.8 Å². The van der Waals surface area contributed by atoms with Gasteiger partial charge in [-0.25, -0.2) is 15.0 Å². The average molecular weight is 736 g/mol. The molecule has 10 rings (SSSR count). The van der Waals surface area contributed by atoms with Gasteiger partial charge >= 0.3 is 0 Å². The summed E-state index contributed by atoms with van der Waals surface area (Å²) in [7, 11) is -2.26. The summed E-state index contributed by atoms with van der Waals surface area (Å²) >= 11 is 0. The van der Waals surface area contributed by atoms with Gasteiger partial charge in [-0.2, -0.15) is 0 Å². The van der Waals surface area contributed by atoms with E-state index >= 15 is 0 Å². The fourth-order valence-corrected chi connectivity index (χ4v) is 12.3. The summed E-state index contributed by atoms with van der Waals surface area (Å²) in [5.41, 5.74) is 12.5. The van der Waals surface area contributed by atoms with Gasteiger partial charge < -0.3 is 4.42 Å². The van der Waals surface area contributed by atoms with Gasteiger partial charge in [0.05, 0.1) is 5.69 Å². The van der Waals surface area contributed by atoms with Crippen LogP contribution in [-0.2, 0) is 0 Å². The molecule has 0 bridgehead atoms. The van der Waals surface area contributed by atoms with Crippen molar-refractivity contribution in [3.63, 3.8) is 0 Å². The molecule has 4 nitrogen and oxygen atoms in total. The second kappa shape index (κ2) is 13.7. The number of hydrogen-bond donors (Lipinski definition) is 0. The molecule has 0 saturated carbocycles. The lowest BCUT2D eigenvalue weighted by Gasteiger charge is -2.26. The third-order valence-corrected chi connectivity index (χ3v) is 14.5. The Morgan fingerprint density at radius 1 is 0.429 bits per heavy atom. The summed E-state index contributed by atoms with van der Waals surface area (Å²) in [6, 6.07) is 66.3. The molecule has 0 unspecified atom stereocenters. The van der Waals surface area contributed by atoms with Gasteiger partial charge in [0, 0.05) is 11.1 Å². The Kier molecular flexibility index (Phi) is 8.23. The molecule has 1 aliphatic heterocycles. The Hall–Kier alpha value is -6.95. The number of oxazole rings is 1. The number of rotatable bonds is 7. The highest BCUT2D eigenvalue weighted by atomic mass is 28.3. The average Bonchev–Trinajstić information content (AvgIpc) is 3.80. The Bertz CT molecular complexity index is 2930. The maximum atomic E-state index is 6.27. The smallest absolute Gasteiger partial charge is 0.246 e. The zero-order chi connectivity index (χ0) is 37.6. The second-order valence-electron chi connectivity index (χ2n) is 14.8. The predicted molar refractivity (Wildman–Crippen MR) is 234 cm³/mol. The van der Waals surface area contributed by atoms with Crippen molar-refractivity contribution in [3.8, 4) is 34.2 Å². The van der Waals surface area contributed by atoms with Crippen LogP contribution >= 0.6 is 0 Å². The molecule has 0 atom stereocenters. The minimum Gasteiger partial charge on any atom is -0.435 e. The highest BCUT2D eigenvalue weighted by Crippen LogP contribution is 2.55.